The van der Waals surface area contributed by atoms with Crippen molar-refractivity contribution in [2.45, 2.75) is 58.7 Å². The van der Waals surface area contributed by atoms with E-state index in [9.17, 15) is 5.11 Å². The molecule has 0 radical (unpaired) electrons. The summed E-state index contributed by atoms with van der Waals surface area (Å²) in [7, 11) is 0. The number of nitrogens with zero attached hydrogens (tertiary/aromatic N) is 4. The molecule has 168 valence electrons. The molecule has 1 N–H and O–H groups in total. The number of aliphatic hydroxyl groups is 1. The van der Waals surface area contributed by atoms with E-state index in [0.29, 0.717) is 12.1 Å². The topological polar surface area (TPSA) is 42.8 Å². The molecule has 5 nitrogen and oxygen atoms in total. The standard InChI is InChI=1S/C26H38N4O/c1-20-15-21(2)17-26(16-20)28-10-7-24(8-11-28)30-13-12-29(25(19-30)9-14-31)18-23-6-4-5-22(3)27-23/h4-6,15-17,24-25,31H,7-14,18-19H2,1-3H3. The number of aryl methyl sites for hydroxylation is 3. The number of hydrogen-bond donors (Lipinski definition) is 1. The van der Waals surface area contributed by atoms with E-state index in [4.69, 9.17) is 4.98 Å². The van der Waals surface area contributed by atoms with Crippen molar-refractivity contribution in [1.29, 1.82) is 0 Å². The van der Waals surface area contributed by atoms with E-state index < -0.39 is 0 Å². The van der Waals surface area contributed by atoms with Crippen LogP contribution >= 0.6 is 0 Å². The summed E-state index contributed by atoms with van der Waals surface area (Å²) < 4.78 is 0. The molecule has 1 aromatic heterocycles. The molecule has 3 heterocycles. The Bertz CT molecular complexity index is 842. The molecule has 4 rings (SSSR count). The minimum atomic E-state index is 0.251. The van der Waals surface area contributed by atoms with Gasteiger partial charge < -0.3 is 10.0 Å². The summed E-state index contributed by atoms with van der Waals surface area (Å²) in [6.07, 6.45) is 3.28. The number of rotatable bonds is 6. The molecular formula is C26H38N4O. The molecule has 1 aromatic carbocycles. The second-order valence-corrected chi connectivity index (χ2v) is 9.47. The third-order valence-electron chi connectivity index (χ3n) is 6.96. The highest BCUT2D eigenvalue weighted by molar-refractivity contribution is 5.51. The van der Waals surface area contributed by atoms with E-state index >= 15 is 0 Å². The Balaban J connectivity index is 1.34. The average Bonchev–Trinajstić information content (AvgIpc) is 2.75. The van der Waals surface area contributed by atoms with Crippen molar-refractivity contribution >= 4 is 5.69 Å². The van der Waals surface area contributed by atoms with E-state index in [1.165, 1.54) is 29.7 Å². The summed E-state index contributed by atoms with van der Waals surface area (Å²) in [5, 5.41) is 9.68. The lowest BCUT2D eigenvalue weighted by atomic mass is 9.98. The van der Waals surface area contributed by atoms with E-state index in [1.807, 2.05) is 0 Å². The highest BCUT2D eigenvalue weighted by Gasteiger charge is 2.32. The van der Waals surface area contributed by atoms with Gasteiger partial charge in [-0.1, -0.05) is 12.1 Å². The zero-order valence-corrected chi connectivity index (χ0v) is 19.4. The van der Waals surface area contributed by atoms with Gasteiger partial charge in [0.05, 0.1) is 5.69 Å². The van der Waals surface area contributed by atoms with Crippen LogP contribution in [0.15, 0.2) is 36.4 Å². The van der Waals surface area contributed by atoms with Crippen molar-refractivity contribution < 1.29 is 5.11 Å². The molecule has 2 fully saturated rings. The van der Waals surface area contributed by atoms with E-state index in [2.05, 4.69) is 71.9 Å². The minimum absolute atomic E-state index is 0.251. The van der Waals surface area contributed by atoms with E-state index in [1.54, 1.807) is 0 Å². The third-order valence-corrected chi connectivity index (χ3v) is 6.96. The number of pyridine rings is 1. The second kappa shape index (κ2) is 10.1. The summed E-state index contributed by atoms with van der Waals surface area (Å²) in [5.41, 5.74) is 6.29. The maximum Gasteiger partial charge on any atom is 0.0547 e. The largest absolute Gasteiger partial charge is 0.396 e. The number of aromatic nitrogens is 1. The number of piperazine rings is 1. The second-order valence-electron chi connectivity index (χ2n) is 9.47. The molecule has 31 heavy (non-hydrogen) atoms. The van der Waals surface area contributed by atoms with Crippen LogP contribution in [-0.4, -0.2) is 71.3 Å². The Kier molecular flexibility index (Phi) is 7.26. The van der Waals surface area contributed by atoms with Gasteiger partial charge in [0.1, 0.15) is 0 Å². The molecule has 0 aliphatic carbocycles. The van der Waals surface area contributed by atoms with Crippen LogP contribution in [0.3, 0.4) is 0 Å². The summed E-state index contributed by atoms with van der Waals surface area (Å²) in [6, 6.07) is 14.2. The average molecular weight is 423 g/mol. The molecule has 2 saturated heterocycles. The third kappa shape index (κ3) is 5.65. The van der Waals surface area contributed by atoms with Gasteiger partial charge in [-0.2, -0.15) is 0 Å². The number of aliphatic hydroxyl groups excluding tert-OH is 1. The van der Waals surface area contributed by atoms with Gasteiger partial charge in [0, 0.05) is 69.3 Å². The van der Waals surface area contributed by atoms with Crippen molar-refractivity contribution in [2.24, 2.45) is 0 Å². The fraction of sp³-hybridized carbons (Fsp3) is 0.577. The van der Waals surface area contributed by atoms with Crippen LogP contribution in [0.4, 0.5) is 5.69 Å². The molecule has 1 unspecified atom stereocenters. The van der Waals surface area contributed by atoms with E-state index in [0.717, 1.165) is 57.1 Å². The first-order valence-electron chi connectivity index (χ1n) is 11.9. The molecule has 1 atom stereocenters. The Hall–Kier alpha value is -1.95. The van der Waals surface area contributed by atoms with Crippen LogP contribution in [0.25, 0.3) is 0 Å². The SMILES string of the molecule is Cc1cc(C)cc(N2CCC(N3CCN(Cc4cccc(C)n4)C(CCO)C3)CC2)c1. The van der Waals surface area contributed by atoms with Crippen molar-refractivity contribution in [1.82, 2.24) is 14.8 Å². The smallest absolute Gasteiger partial charge is 0.0547 e. The first-order chi connectivity index (χ1) is 15.0. The summed E-state index contributed by atoms with van der Waals surface area (Å²) in [6.45, 7) is 13.0. The predicted molar refractivity (Wildman–Crippen MR) is 128 cm³/mol. The first kappa shape index (κ1) is 22.3. The minimum Gasteiger partial charge on any atom is -0.396 e. The molecule has 2 aromatic rings. The monoisotopic (exact) mass is 422 g/mol. The molecule has 0 saturated carbocycles. The lowest BCUT2D eigenvalue weighted by molar-refractivity contribution is 0.0248. The van der Waals surface area contributed by atoms with Crippen molar-refractivity contribution in [2.75, 3.05) is 44.2 Å². The normalized spacial score (nSPS) is 21.5. The molecule has 0 amide bonds. The van der Waals surface area contributed by atoms with Gasteiger partial charge in [-0.15, -0.1) is 0 Å². The first-order valence-corrected chi connectivity index (χ1v) is 11.9. The van der Waals surface area contributed by atoms with Crippen LogP contribution in [0.1, 0.15) is 41.8 Å². The van der Waals surface area contributed by atoms with Crippen molar-refractivity contribution in [3.05, 3.63) is 58.9 Å². The lowest BCUT2D eigenvalue weighted by Gasteiger charge is -2.46. The Morgan fingerprint density at radius 1 is 0.968 bits per heavy atom. The van der Waals surface area contributed by atoms with Crippen LogP contribution in [-0.2, 0) is 6.54 Å². The Morgan fingerprint density at radius 2 is 1.71 bits per heavy atom. The predicted octanol–water partition coefficient (Wildman–Crippen LogP) is 3.54. The van der Waals surface area contributed by atoms with Crippen LogP contribution in [0.5, 0.6) is 0 Å². The summed E-state index contributed by atoms with van der Waals surface area (Å²) in [4.78, 5) is 12.5. The summed E-state index contributed by atoms with van der Waals surface area (Å²) >= 11 is 0. The van der Waals surface area contributed by atoms with Gasteiger partial charge in [0.25, 0.3) is 0 Å². The zero-order valence-electron chi connectivity index (χ0n) is 19.4. The maximum absolute atomic E-state index is 9.68. The number of piperidine rings is 1. The van der Waals surface area contributed by atoms with Gasteiger partial charge >= 0.3 is 0 Å². The highest BCUT2D eigenvalue weighted by Crippen LogP contribution is 2.27. The lowest BCUT2D eigenvalue weighted by Crippen LogP contribution is -2.57. The van der Waals surface area contributed by atoms with Crippen LogP contribution in [0, 0.1) is 20.8 Å². The fourth-order valence-electron chi connectivity index (χ4n) is 5.40. The molecule has 5 heteroatoms. The molecule has 2 aliphatic rings. The van der Waals surface area contributed by atoms with Gasteiger partial charge in [0.2, 0.25) is 0 Å². The van der Waals surface area contributed by atoms with Crippen LogP contribution in [0.2, 0.25) is 0 Å². The van der Waals surface area contributed by atoms with Crippen molar-refractivity contribution in [3.63, 3.8) is 0 Å². The van der Waals surface area contributed by atoms with Gasteiger partial charge in [-0.05, 0) is 75.4 Å². The fourth-order valence-corrected chi connectivity index (χ4v) is 5.40. The van der Waals surface area contributed by atoms with E-state index in [-0.39, 0.29) is 6.61 Å². The van der Waals surface area contributed by atoms with Crippen molar-refractivity contribution in [3.8, 4) is 0 Å². The Labute approximate surface area is 187 Å². The number of anilines is 1. The quantitative estimate of drug-likeness (QED) is 0.771. The Morgan fingerprint density at radius 3 is 2.39 bits per heavy atom. The van der Waals surface area contributed by atoms with Gasteiger partial charge in [-0.25, -0.2) is 0 Å². The summed E-state index contributed by atoms with van der Waals surface area (Å²) in [5.74, 6) is 0. The number of hydrogen-bond acceptors (Lipinski definition) is 5. The molecule has 0 spiro atoms. The highest BCUT2D eigenvalue weighted by atomic mass is 16.3. The zero-order chi connectivity index (χ0) is 21.8. The maximum atomic E-state index is 9.68. The molecule has 2 aliphatic heterocycles. The van der Waals surface area contributed by atoms with Gasteiger partial charge in [-0.3, -0.25) is 14.8 Å². The number of benzene rings is 1. The molecule has 0 bridgehead atoms. The van der Waals surface area contributed by atoms with Gasteiger partial charge in [0.15, 0.2) is 0 Å². The molecular weight excluding hydrogens is 384 g/mol. The van der Waals surface area contributed by atoms with Crippen LogP contribution < -0.4 is 4.90 Å².